The third kappa shape index (κ3) is 37.3. The standard InChI is InChI=1S/C87H110ClN19O30/c1-41(29-66(114)115)70-81(131)103-59(32-61(109)50-16-10-12-17-51(50)89)82(132)135-43(3)71(105-78(128)58(36-69(120)121)102-77(127)55(33-62(90)110)100-76(126)54(31-47-37-92-52-18-13-11-15-49(47)52)97-63(111)30-44-20-22-45(23-21-44)46-24-26-48(88)27-25-46)80(130)94-39-64(112)96-53(19-14-28-91-83(106-84(133)136-86(4,5)6)107-85(134)137-87(7,8)9)74(124)101-57(35-68(118)119)75(125)95-42(2)72(122)99-56(34-67(116)117)73(123)93-38-65(113)98-60(40-108)79(129)104-70/h10-13,15-18,20-27,37,41-43,53-60,70-71,92,108H,14,19,28-36,38-40,89H2,1-9H3,(H2,90,110)(H,93,123)(H,94,130)(H,95,125)(H,96,112)(H,97,111)(H,98,113)(H,99,122)(H,100,126)(H,101,124)(H,102,127)(H,103,131)(H,104,129)(H,105,128)(H,114,115)(H,116,117)(H,118,119)(H,120,121)(H2,91,106,107,133,134). The van der Waals surface area contributed by atoms with Crippen LogP contribution in [0.4, 0.5) is 15.3 Å². The highest BCUT2D eigenvalue weighted by molar-refractivity contribution is 6.30. The molecule has 0 bridgehead atoms. The molecule has 0 aliphatic carbocycles. The van der Waals surface area contributed by atoms with Gasteiger partial charge in [0, 0.05) is 52.8 Å². The zero-order valence-electron chi connectivity index (χ0n) is 75.6. The normalized spacial score (nSPS) is 19.9. The molecule has 1 aromatic heterocycles. The summed E-state index contributed by atoms with van der Waals surface area (Å²) in [6, 6.07) is 1.72. The van der Waals surface area contributed by atoms with Gasteiger partial charge in [0.05, 0.1) is 58.2 Å². The number of fused-ring (bicyclic) bond motifs is 1. The van der Waals surface area contributed by atoms with Gasteiger partial charge in [-0.25, -0.2) is 14.4 Å². The minimum atomic E-state index is -2.56. The van der Waals surface area contributed by atoms with E-state index >= 15 is 14.4 Å². The Labute approximate surface area is 786 Å². The van der Waals surface area contributed by atoms with E-state index < -0.39 is 304 Å². The van der Waals surface area contributed by atoms with Crippen LogP contribution >= 0.6 is 11.6 Å². The summed E-state index contributed by atoms with van der Waals surface area (Å²) in [7, 11) is 0. The first-order chi connectivity index (χ1) is 64.2. The number of H-pyrrole nitrogens is 1. The van der Waals surface area contributed by atoms with Crippen LogP contribution in [-0.4, -0.2) is 277 Å². The second-order valence-electron chi connectivity index (χ2n) is 33.5. The number of rotatable bonds is 31. The van der Waals surface area contributed by atoms with Gasteiger partial charge in [-0.05, 0) is 127 Å². The van der Waals surface area contributed by atoms with Crippen molar-refractivity contribution in [2.24, 2.45) is 16.6 Å². The number of benzene rings is 4. The van der Waals surface area contributed by atoms with E-state index in [1.54, 1.807) is 72.8 Å². The van der Waals surface area contributed by atoms with Crippen LogP contribution in [0.15, 0.2) is 108 Å². The molecule has 740 valence electrons. The number of esters is 1. The summed E-state index contributed by atoms with van der Waals surface area (Å²) in [5.41, 5.74) is 12.0. The van der Waals surface area contributed by atoms with Crippen molar-refractivity contribution in [3.63, 3.8) is 0 Å². The van der Waals surface area contributed by atoms with Crippen molar-refractivity contribution < 1.29 is 145 Å². The Morgan fingerprint density at radius 1 is 0.562 bits per heavy atom. The van der Waals surface area contributed by atoms with E-state index in [-0.39, 0.29) is 24.1 Å². The highest BCUT2D eigenvalue weighted by Crippen LogP contribution is 2.25. The number of carboxylic acids is 4. The average molecular weight is 1940 g/mol. The molecular weight excluding hydrogens is 1830 g/mol. The summed E-state index contributed by atoms with van der Waals surface area (Å²) in [6.07, 6.45) is -12.3. The zero-order valence-corrected chi connectivity index (χ0v) is 76.4. The van der Waals surface area contributed by atoms with E-state index in [9.17, 15) is 117 Å². The summed E-state index contributed by atoms with van der Waals surface area (Å²) in [4.78, 5) is 312. The predicted molar refractivity (Wildman–Crippen MR) is 480 cm³/mol. The molecule has 50 heteroatoms. The molecule has 16 amide bonds. The molecule has 1 aliphatic rings. The van der Waals surface area contributed by atoms with Gasteiger partial charge in [0.25, 0.3) is 0 Å². The molecule has 5 aromatic rings. The van der Waals surface area contributed by atoms with Crippen molar-refractivity contribution >= 4 is 165 Å². The maximum Gasteiger partial charge on any atom is 0.437 e. The highest BCUT2D eigenvalue weighted by atomic mass is 35.5. The lowest BCUT2D eigenvalue weighted by Gasteiger charge is -2.30. The molecule has 137 heavy (non-hydrogen) atoms. The molecule has 13 unspecified atom stereocenters. The molecule has 0 radical (unpaired) electrons. The van der Waals surface area contributed by atoms with Crippen LogP contribution in [0.3, 0.4) is 0 Å². The number of cyclic esters (lactones) is 1. The second kappa shape index (κ2) is 51.5. The van der Waals surface area contributed by atoms with Crippen LogP contribution in [0.2, 0.25) is 5.02 Å². The minimum Gasteiger partial charge on any atom is -0.481 e. The summed E-state index contributed by atoms with van der Waals surface area (Å²) < 4.78 is 16.3. The molecular formula is C87H110ClN19O30. The zero-order chi connectivity index (χ0) is 102. The number of primary amides is 1. The number of nitrogens with one attached hydrogen (secondary N) is 16. The number of carbonyl (C=O) groups excluding carboxylic acids is 18. The topological polar surface area (TPSA) is 765 Å². The Hall–Kier alpha value is -15.7. The third-order valence-corrected chi connectivity index (χ3v) is 20.1. The van der Waals surface area contributed by atoms with Crippen molar-refractivity contribution in [2.45, 2.75) is 210 Å². The fraction of sp³-hybridized carbons (Fsp3) is 0.437. The van der Waals surface area contributed by atoms with Gasteiger partial charge in [-0.1, -0.05) is 85.3 Å². The Morgan fingerprint density at radius 2 is 1.09 bits per heavy atom. The molecule has 2 heterocycles. The van der Waals surface area contributed by atoms with E-state index in [1.165, 1.54) is 65.9 Å². The largest absolute Gasteiger partial charge is 0.481 e. The van der Waals surface area contributed by atoms with Crippen molar-refractivity contribution in [2.75, 3.05) is 32.0 Å². The Kier molecular flexibility index (Phi) is 41.4. The van der Waals surface area contributed by atoms with E-state index in [1.807, 2.05) is 16.0 Å². The smallest absolute Gasteiger partial charge is 0.437 e. The lowest BCUT2D eigenvalue weighted by molar-refractivity contribution is -0.156. The van der Waals surface area contributed by atoms with Gasteiger partial charge >= 0.3 is 42.0 Å². The van der Waals surface area contributed by atoms with Crippen LogP contribution < -0.4 is 91.2 Å². The summed E-state index contributed by atoms with van der Waals surface area (Å²) in [5.74, 6) is -31.9. The number of alkyl carbamates (subject to hydrolysis) is 1. The SMILES string of the molecule is CC1NC(=O)C(CC(=O)O)NC(=O)C(CCCN/C(=N/C(=O)OC(C)(C)C)NC(=O)OC(C)(C)C)NC(=O)CNC(=O)C(NC(=O)C(CC(=O)O)NC(=O)C(CC(N)=O)NC(=O)C(Cc2c[nH]c3ccccc23)NC(=O)Cc2ccc(-c3ccc(Cl)cc3)cc2)C(C)OC(=O)C(CC(=O)c2ccccc2N)NC(=O)C(C(C)CC(=O)O)NC(=O)C(CO)NC(=O)CNC(=O)C(CC(=O)O)NC1=O. The molecule has 49 nitrogen and oxygen atoms in total. The number of amides is 16. The first kappa shape index (κ1) is 110. The number of halogens is 1. The van der Waals surface area contributed by atoms with E-state index in [0.717, 1.165) is 38.0 Å². The van der Waals surface area contributed by atoms with Crippen molar-refractivity contribution in [3.8, 4) is 11.1 Å². The van der Waals surface area contributed by atoms with Gasteiger partial charge in [-0.15, -0.1) is 4.99 Å². The first-order valence-corrected chi connectivity index (χ1v) is 42.8. The van der Waals surface area contributed by atoms with Gasteiger partial charge in [-0.2, -0.15) is 0 Å². The number of nitrogens with zero attached hydrogens (tertiary/aromatic N) is 1. The summed E-state index contributed by atoms with van der Waals surface area (Å²) in [5, 5.41) is 84.6. The van der Waals surface area contributed by atoms with Gasteiger partial charge in [-0.3, -0.25) is 96.4 Å². The lowest BCUT2D eigenvalue weighted by Crippen LogP contribution is -2.62. The minimum absolute atomic E-state index is 0.231. The van der Waals surface area contributed by atoms with Gasteiger partial charge < -0.3 is 131 Å². The van der Waals surface area contributed by atoms with Gasteiger partial charge in [0.15, 0.2) is 5.78 Å². The van der Waals surface area contributed by atoms with Gasteiger partial charge in [0.1, 0.15) is 83.8 Å². The van der Waals surface area contributed by atoms with Crippen molar-refractivity contribution in [1.82, 2.24) is 84.7 Å². The molecule has 25 N–H and O–H groups in total. The van der Waals surface area contributed by atoms with Crippen molar-refractivity contribution in [1.29, 1.82) is 0 Å². The second-order valence-corrected chi connectivity index (χ2v) is 33.9. The summed E-state index contributed by atoms with van der Waals surface area (Å²) in [6.45, 7) is 7.39. The molecule has 13 atom stereocenters. The van der Waals surface area contributed by atoms with Crippen LogP contribution in [0, 0.1) is 5.92 Å². The number of ketones is 1. The Bertz CT molecular complexity index is 5370. The lowest BCUT2D eigenvalue weighted by atomic mass is 9.96. The average Bonchev–Trinajstić information content (AvgIpc) is 1.81. The Morgan fingerprint density at radius 3 is 1.68 bits per heavy atom. The number of ether oxygens (including phenoxy) is 3. The van der Waals surface area contributed by atoms with Crippen LogP contribution in [0.1, 0.15) is 135 Å². The number of hydrogen-bond acceptors (Lipinski definition) is 27. The number of aliphatic hydroxyl groups is 1. The monoisotopic (exact) mass is 1940 g/mol. The van der Waals surface area contributed by atoms with E-state index in [0.29, 0.717) is 27.1 Å². The molecule has 1 saturated heterocycles. The fourth-order valence-electron chi connectivity index (χ4n) is 13.2. The molecule has 1 aliphatic heterocycles. The van der Waals surface area contributed by atoms with Crippen LogP contribution in [0.5, 0.6) is 0 Å². The number of aromatic amines is 1. The maximum atomic E-state index is 15.1. The Balaban J connectivity index is 1.46. The molecule has 4 aromatic carbocycles. The quantitative estimate of drug-likeness (QED) is 0.00407. The number of aliphatic imine (C=N–C) groups is 1. The summed E-state index contributed by atoms with van der Waals surface area (Å²) >= 11 is 6.10. The number of nitrogen functional groups attached to an aromatic ring is 1. The number of hydrogen-bond donors (Lipinski definition) is 23. The van der Waals surface area contributed by atoms with E-state index in [2.05, 4.69) is 73.8 Å². The number of aliphatic hydroxyl groups excluding tert-OH is 1. The molecule has 0 saturated carbocycles. The third-order valence-electron chi connectivity index (χ3n) is 19.8. The number of aliphatic carboxylic acids is 4. The molecule has 1 fully saturated rings. The number of nitrogens with two attached hydrogens (primary N) is 2. The van der Waals surface area contributed by atoms with Crippen LogP contribution in [0.25, 0.3) is 22.0 Å². The van der Waals surface area contributed by atoms with Crippen LogP contribution in [-0.2, 0) is 118 Å². The molecule has 6 rings (SSSR count). The maximum absolute atomic E-state index is 15.1. The number of carbonyl (C=O) groups is 22. The first-order valence-electron chi connectivity index (χ1n) is 42.4. The number of carboxylic acid groups (broad SMARTS) is 4. The molecule has 0 spiro atoms. The highest BCUT2D eigenvalue weighted by Gasteiger charge is 2.42. The number of anilines is 1. The van der Waals surface area contributed by atoms with E-state index in [4.69, 9.17) is 37.3 Å². The number of Topliss-reactive ketones (excluding diaryl/α,β-unsaturated/α-hetero) is 1. The number of aromatic nitrogens is 1. The predicted octanol–water partition coefficient (Wildman–Crippen LogP) is -2.75. The number of guanidine groups is 1. The van der Waals surface area contributed by atoms with Crippen molar-refractivity contribution in [3.05, 3.63) is 125 Å². The fourth-order valence-corrected chi connectivity index (χ4v) is 13.3. The van der Waals surface area contributed by atoms with Gasteiger partial charge in [0.2, 0.25) is 88.7 Å². The number of para-hydroxylation sites is 2.